The molecule has 0 spiro atoms. The van der Waals surface area contributed by atoms with Crippen LogP contribution in [0.15, 0.2) is 29.5 Å². The minimum absolute atomic E-state index is 0.0455. The van der Waals surface area contributed by atoms with E-state index in [1.807, 2.05) is 0 Å². The van der Waals surface area contributed by atoms with Crippen LogP contribution in [-0.2, 0) is 9.59 Å². The average molecular weight is 424 g/mol. The first-order chi connectivity index (χ1) is 12.7. The highest BCUT2D eigenvalue weighted by Gasteiger charge is 2.50. The summed E-state index contributed by atoms with van der Waals surface area (Å²) < 4.78 is 0. The standard InChI is InChI=1S/C19H19Cl2N3O2S/c1-19(2)6-11-14(12(25)7-19)13(9-4-3-8(20)5-10(9)21)15-16(22-11)23-18(27)24-17(15)26/h3-5,13,15-16,22H,6-7H2,1-2H3,(H2,23,24,26,27). The molecule has 1 aliphatic carbocycles. The van der Waals surface area contributed by atoms with Crippen LogP contribution in [-0.4, -0.2) is 23.0 Å². The maximum absolute atomic E-state index is 13.1. The van der Waals surface area contributed by atoms with Crippen LogP contribution in [0.2, 0.25) is 10.0 Å². The number of allylic oxidation sites excluding steroid dienone is 2. The molecule has 1 aromatic carbocycles. The largest absolute Gasteiger partial charge is 0.368 e. The van der Waals surface area contributed by atoms with E-state index < -0.39 is 18.0 Å². The van der Waals surface area contributed by atoms with Crippen LogP contribution in [0.3, 0.4) is 0 Å². The number of hydrogen-bond acceptors (Lipinski definition) is 4. The second-order valence-electron chi connectivity index (χ2n) is 8.09. The van der Waals surface area contributed by atoms with Gasteiger partial charge in [-0.15, -0.1) is 0 Å². The van der Waals surface area contributed by atoms with Crippen molar-refractivity contribution in [2.24, 2.45) is 11.3 Å². The highest BCUT2D eigenvalue weighted by Crippen LogP contribution is 2.48. The molecule has 0 saturated carbocycles. The number of carbonyl (C=O) groups excluding carboxylic acids is 2. The molecule has 1 amide bonds. The molecule has 2 aliphatic heterocycles. The van der Waals surface area contributed by atoms with Crippen LogP contribution in [0.5, 0.6) is 0 Å². The van der Waals surface area contributed by atoms with Crippen molar-refractivity contribution < 1.29 is 9.59 Å². The van der Waals surface area contributed by atoms with Crippen molar-refractivity contribution in [2.45, 2.75) is 38.8 Å². The predicted octanol–water partition coefficient (Wildman–Crippen LogP) is 3.27. The highest BCUT2D eigenvalue weighted by atomic mass is 35.5. The number of halogens is 2. The Labute approximate surface area is 172 Å². The lowest BCUT2D eigenvalue weighted by Gasteiger charge is -2.47. The summed E-state index contributed by atoms with van der Waals surface area (Å²) in [6, 6.07) is 5.18. The van der Waals surface area contributed by atoms with E-state index in [0.717, 1.165) is 17.7 Å². The van der Waals surface area contributed by atoms with Gasteiger partial charge in [-0.2, -0.15) is 0 Å². The Hall–Kier alpha value is -1.63. The van der Waals surface area contributed by atoms with Gasteiger partial charge >= 0.3 is 0 Å². The Balaban J connectivity index is 1.91. The molecule has 8 heteroatoms. The van der Waals surface area contributed by atoms with Crippen LogP contribution < -0.4 is 16.0 Å². The van der Waals surface area contributed by atoms with Crippen LogP contribution in [0.25, 0.3) is 0 Å². The topological polar surface area (TPSA) is 70.2 Å². The Morgan fingerprint density at radius 2 is 1.89 bits per heavy atom. The van der Waals surface area contributed by atoms with Crippen molar-refractivity contribution in [1.82, 2.24) is 16.0 Å². The van der Waals surface area contributed by atoms with E-state index in [4.69, 9.17) is 35.4 Å². The first-order valence-corrected chi connectivity index (χ1v) is 9.92. The third-order valence-corrected chi connectivity index (χ3v) is 6.18. The molecule has 5 nitrogen and oxygen atoms in total. The summed E-state index contributed by atoms with van der Waals surface area (Å²) in [4.78, 5) is 25.9. The molecule has 3 N–H and O–H groups in total. The van der Waals surface area contributed by atoms with Gasteiger partial charge in [-0.25, -0.2) is 0 Å². The van der Waals surface area contributed by atoms with Crippen LogP contribution >= 0.6 is 35.4 Å². The van der Waals surface area contributed by atoms with Gasteiger partial charge in [-0.05, 0) is 41.7 Å². The fourth-order valence-corrected chi connectivity index (χ4v) is 5.13. The number of carbonyl (C=O) groups is 2. The van der Waals surface area contributed by atoms with Crippen LogP contribution in [0.4, 0.5) is 0 Å². The van der Waals surface area contributed by atoms with E-state index in [0.29, 0.717) is 22.0 Å². The molecule has 142 valence electrons. The summed E-state index contributed by atoms with van der Waals surface area (Å²) in [5, 5.41) is 10.4. The van der Waals surface area contributed by atoms with Gasteiger partial charge in [0.15, 0.2) is 10.9 Å². The van der Waals surface area contributed by atoms with Gasteiger partial charge in [0.05, 0.1) is 5.92 Å². The summed E-state index contributed by atoms with van der Waals surface area (Å²) in [6.07, 6.45) is 0.748. The van der Waals surface area contributed by atoms with Gasteiger partial charge in [0, 0.05) is 33.7 Å². The highest BCUT2D eigenvalue weighted by molar-refractivity contribution is 7.80. The molecule has 0 aromatic heterocycles. The number of ketones is 1. The number of rotatable bonds is 1. The molecule has 2 heterocycles. The second kappa shape index (κ2) is 6.47. The molecule has 4 rings (SSSR count). The van der Waals surface area contributed by atoms with E-state index >= 15 is 0 Å². The van der Waals surface area contributed by atoms with Crippen LogP contribution in [0.1, 0.15) is 38.2 Å². The quantitative estimate of drug-likeness (QED) is 0.604. The molecule has 3 atom stereocenters. The van der Waals surface area contributed by atoms with E-state index in [2.05, 4.69) is 29.8 Å². The van der Waals surface area contributed by atoms with Gasteiger partial charge in [0.1, 0.15) is 6.17 Å². The Morgan fingerprint density at radius 3 is 2.59 bits per heavy atom. The summed E-state index contributed by atoms with van der Waals surface area (Å²) >= 11 is 17.7. The molecule has 3 aliphatic rings. The van der Waals surface area contributed by atoms with E-state index in [-0.39, 0.29) is 22.2 Å². The first kappa shape index (κ1) is 18.7. The second-order valence-corrected chi connectivity index (χ2v) is 9.34. The van der Waals surface area contributed by atoms with Gasteiger partial charge in [0.25, 0.3) is 0 Å². The molecular formula is C19H19Cl2N3O2S. The molecule has 1 saturated heterocycles. The lowest BCUT2D eigenvalue weighted by Crippen LogP contribution is -2.66. The van der Waals surface area contributed by atoms with Crippen LogP contribution in [0, 0.1) is 11.3 Å². The van der Waals surface area contributed by atoms with Crippen molar-refractivity contribution >= 4 is 52.2 Å². The minimum atomic E-state index is -0.556. The lowest BCUT2D eigenvalue weighted by atomic mass is 9.66. The summed E-state index contributed by atoms with van der Waals surface area (Å²) in [5.74, 6) is -1.20. The molecule has 0 bridgehead atoms. The number of Topliss-reactive ketones (excluding diaryl/α,β-unsaturated/α-hetero) is 1. The zero-order valence-corrected chi connectivity index (χ0v) is 17.2. The molecular weight excluding hydrogens is 405 g/mol. The number of benzene rings is 1. The molecule has 0 radical (unpaired) electrons. The molecule has 3 unspecified atom stereocenters. The molecule has 1 fully saturated rings. The molecule has 27 heavy (non-hydrogen) atoms. The number of nitrogens with one attached hydrogen (secondary N) is 3. The van der Waals surface area contributed by atoms with Gasteiger partial charge in [-0.1, -0.05) is 43.1 Å². The first-order valence-electron chi connectivity index (χ1n) is 8.75. The van der Waals surface area contributed by atoms with E-state index in [1.54, 1.807) is 18.2 Å². The zero-order valence-electron chi connectivity index (χ0n) is 14.9. The number of amides is 1. The Bertz CT molecular complexity index is 912. The van der Waals surface area contributed by atoms with Gasteiger partial charge in [0.2, 0.25) is 5.91 Å². The third-order valence-electron chi connectivity index (χ3n) is 5.40. The van der Waals surface area contributed by atoms with Crippen molar-refractivity contribution in [3.63, 3.8) is 0 Å². The maximum Gasteiger partial charge on any atom is 0.234 e. The van der Waals surface area contributed by atoms with Gasteiger partial charge in [-0.3, -0.25) is 9.59 Å². The number of hydrogen-bond donors (Lipinski definition) is 3. The minimum Gasteiger partial charge on any atom is -0.368 e. The number of fused-ring (bicyclic) bond motifs is 1. The van der Waals surface area contributed by atoms with Crippen molar-refractivity contribution in [1.29, 1.82) is 0 Å². The Morgan fingerprint density at radius 1 is 1.15 bits per heavy atom. The van der Waals surface area contributed by atoms with Crippen molar-refractivity contribution in [2.75, 3.05) is 0 Å². The average Bonchev–Trinajstić information content (AvgIpc) is 2.51. The monoisotopic (exact) mass is 423 g/mol. The predicted molar refractivity (Wildman–Crippen MR) is 109 cm³/mol. The summed E-state index contributed by atoms with van der Waals surface area (Å²) in [6.45, 7) is 4.14. The van der Waals surface area contributed by atoms with Gasteiger partial charge < -0.3 is 16.0 Å². The summed E-state index contributed by atoms with van der Waals surface area (Å²) in [5.41, 5.74) is 2.08. The van der Waals surface area contributed by atoms with E-state index in [9.17, 15) is 9.59 Å². The third kappa shape index (κ3) is 3.24. The fourth-order valence-electron chi connectivity index (χ4n) is 4.38. The number of thiocarbonyl (C=S) groups is 1. The Kier molecular flexibility index (Phi) is 4.48. The van der Waals surface area contributed by atoms with E-state index in [1.165, 1.54) is 0 Å². The zero-order chi connectivity index (χ0) is 19.5. The van der Waals surface area contributed by atoms with Crippen molar-refractivity contribution in [3.8, 4) is 0 Å². The smallest absolute Gasteiger partial charge is 0.234 e. The molecule has 1 aromatic rings. The SMILES string of the molecule is CC1(C)CC(=O)C2=C(C1)NC1NC(=S)NC(=O)C1C2c1ccc(Cl)cc1Cl. The maximum atomic E-state index is 13.1. The normalized spacial score (nSPS) is 29.3. The summed E-state index contributed by atoms with van der Waals surface area (Å²) in [7, 11) is 0. The van der Waals surface area contributed by atoms with Crippen molar-refractivity contribution in [3.05, 3.63) is 45.1 Å². The lowest BCUT2D eigenvalue weighted by molar-refractivity contribution is -0.127. The fraction of sp³-hybridized carbons (Fsp3) is 0.421.